The Morgan fingerprint density at radius 3 is 2.48 bits per heavy atom. The minimum Gasteiger partial charge on any atom is -0.477 e. The van der Waals surface area contributed by atoms with Gasteiger partial charge in [0.2, 0.25) is 5.88 Å². The first-order valence-electron chi connectivity index (χ1n) is 8.75. The van der Waals surface area contributed by atoms with Crippen molar-refractivity contribution in [2.75, 3.05) is 26.2 Å². The van der Waals surface area contributed by atoms with Gasteiger partial charge in [-0.15, -0.1) is 5.10 Å². The van der Waals surface area contributed by atoms with Crippen LogP contribution in [0.15, 0.2) is 47.3 Å². The van der Waals surface area contributed by atoms with E-state index in [4.69, 9.17) is 4.74 Å². The smallest absolute Gasteiger partial charge is 0.271 e. The van der Waals surface area contributed by atoms with E-state index in [9.17, 15) is 9.59 Å². The minimum atomic E-state index is -0.182. The number of carbonyl (C=O) groups is 1. The molecule has 0 N–H and O–H groups in total. The molecule has 132 valence electrons. The van der Waals surface area contributed by atoms with Crippen molar-refractivity contribution in [3.63, 3.8) is 0 Å². The van der Waals surface area contributed by atoms with Crippen molar-refractivity contribution in [3.8, 4) is 11.6 Å². The highest BCUT2D eigenvalue weighted by Crippen LogP contribution is 2.09. The number of piperidine rings is 1. The third-order valence-corrected chi connectivity index (χ3v) is 4.31. The molecule has 1 aliphatic heterocycles. The van der Waals surface area contributed by atoms with Crippen molar-refractivity contribution in [2.45, 2.75) is 25.7 Å². The summed E-state index contributed by atoms with van der Waals surface area (Å²) in [6.07, 6.45) is 3.30. The lowest BCUT2D eigenvalue weighted by Crippen LogP contribution is -2.34. The summed E-state index contributed by atoms with van der Waals surface area (Å²) in [4.78, 5) is 25.5. The molecule has 25 heavy (non-hydrogen) atoms. The van der Waals surface area contributed by atoms with Crippen LogP contribution in [0, 0.1) is 0 Å². The molecule has 1 aliphatic rings. The van der Waals surface area contributed by atoms with Gasteiger partial charge in [0.25, 0.3) is 5.56 Å². The van der Waals surface area contributed by atoms with Gasteiger partial charge in [0.15, 0.2) is 0 Å². The molecule has 0 amide bonds. The lowest BCUT2D eigenvalue weighted by Gasteiger charge is -2.25. The van der Waals surface area contributed by atoms with Crippen LogP contribution >= 0.6 is 0 Å². The fourth-order valence-electron chi connectivity index (χ4n) is 2.87. The molecule has 1 saturated heterocycles. The summed E-state index contributed by atoms with van der Waals surface area (Å²) in [7, 11) is 0. The molecule has 2 aromatic rings. The van der Waals surface area contributed by atoms with Gasteiger partial charge in [-0.3, -0.25) is 9.59 Å². The largest absolute Gasteiger partial charge is 0.477 e. The minimum absolute atomic E-state index is 0.182. The van der Waals surface area contributed by atoms with Gasteiger partial charge >= 0.3 is 0 Å². The Morgan fingerprint density at radius 2 is 1.72 bits per heavy atom. The van der Waals surface area contributed by atoms with Crippen molar-refractivity contribution in [1.82, 2.24) is 14.7 Å². The molecule has 0 unspecified atom stereocenters. The maximum Gasteiger partial charge on any atom is 0.271 e. The Labute approximate surface area is 147 Å². The standard InChI is InChI=1S/C19H23N3O3/c23-17-10-13-21(14-11-17)12-4-5-15-25-18-8-9-19(24)22(20-18)16-6-2-1-3-7-16/h1-3,6-9H,4-5,10-15H2. The first-order valence-corrected chi connectivity index (χ1v) is 8.75. The summed E-state index contributed by atoms with van der Waals surface area (Å²) in [5, 5.41) is 4.27. The van der Waals surface area contributed by atoms with Crippen LogP contribution in [0.4, 0.5) is 0 Å². The molecule has 0 atom stereocenters. The van der Waals surface area contributed by atoms with Crippen LogP contribution in [0.5, 0.6) is 5.88 Å². The third-order valence-electron chi connectivity index (χ3n) is 4.31. The lowest BCUT2D eigenvalue weighted by atomic mass is 10.1. The monoisotopic (exact) mass is 341 g/mol. The van der Waals surface area contributed by atoms with Gasteiger partial charge in [-0.25, -0.2) is 0 Å². The highest BCUT2D eigenvalue weighted by molar-refractivity contribution is 5.79. The van der Waals surface area contributed by atoms with E-state index in [0.717, 1.165) is 38.2 Å². The van der Waals surface area contributed by atoms with E-state index >= 15 is 0 Å². The second kappa shape index (κ2) is 8.58. The van der Waals surface area contributed by atoms with Gasteiger partial charge in [-0.1, -0.05) is 18.2 Å². The molecule has 0 bridgehead atoms. The topological polar surface area (TPSA) is 64.4 Å². The fraction of sp³-hybridized carbons (Fsp3) is 0.421. The normalized spacial score (nSPS) is 15.3. The molecule has 0 spiro atoms. The zero-order valence-electron chi connectivity index (χ0n) is 14.3. The summed E-state index contributed by atoms with van der Waals surface area (Å²) >= 11 is 0. The van der Waals surface area contributed by atoms with E-state index in [1.807, 2.05) is 30.3 Å². The summed E-state index contributed by atoms with van der Waals surface area (Å²) in [5.41, 5.74) is 0.538. The Bertz CT molecular complexity index is 748. The van der Waals surface area contributed by atoms with E-state index in [0.29, 0.717) is 31.1 Å². The number of likely N-dealkylation sites (tertiary alicyclic amines) is 1. The van der Waals surface area contributed by atoms with Crippen molar-refractivity contribution in [2.24, 2.45) is 0 Å². The van der Waals surface area contributed by atoms with E-state index in [1.165, 1.54) is 10.7 Å². The summed E-state index contributed by atoms with van der Waals surface area (Å²) < 4.78 is 7.03. The van der Waals surface area contributed by atoms with E-state index in [2.05, 4.69) is 10.00 Å². The number of hydrogen-bond acceptors (Lipinski definition) is 5. The second-order valence-corrected chi connectivity index (χ2v) is 6.19. The van der Waals surface area contributed by atoms with Crippen molar-refractivity contribution in [3.05, 3.63) is 52.8 Å². The maximum absolute atomic E-state index is 12.0. The predicted octanol–water partition coefficient (Wildman–Crippen LogP) is 2.06. The van der Waals surface area contributed by atoms with Crippen LogP contribution < -0.4 is 10.3 Å². The van der Waals surface area contributed by atoms with Crippen LogP contribution in [0.3, 0.4) is 0 Å². The van der Waals surface area contributed by atoms with E-state index in [1.54, 1.807) is 6.07 Å². The molecule has 3 rings (SSSR count). The summed E-state index contributed by atoms with van der Waals surface area (Å²) in [6.45, 7) is 3.31. The number of ketones is 1. The molecule has 1 fully saturated rings. The summed E-state index contributed by atoms with van der Waals surface area (Å²) in [5.74, 6) is 0.825. The zero-order valence-corrected chi connectivity index (χ0v) is 14.3. The SMILES string of the molecule is O=C1CCN(CCCCOc2ccc(=O)n(-c3ccccc3)n2)CC1. The van der Waals surface area contributed by atoms with Crippen molar-refractivity contribution < 1.29 is 9.53 Å². The molecule has 6 nitrogen and oxygen atoms in total. The van der Waals surface area contributed by atoms with Gasteiger partial charge in [0, 0.05) is 38.1 Å². The van der Waals surface area contributed by atoms with Crippen LogP contribution in [-0.4, -0.2) is 46.7 Å². The lowest BCUT2D eigenvalue weighted by molar-refractivity contribution is -0.121. The maximum atomic E-state index is 12.0. The summed E-state index contributed by atoms with van der Waals surface area (Å²) in [6, 6.07) is 12.4. The molecule has 1 aromatic heterocycles. The molecule has 0 aliphatic carbocycles. The first-order chi connectivity index (χ1) is 12.2. The van der Waals surface area contributed by atoms with Gasteiger partial charge in [0.05, 0.1) is 12.3 Å². The molecular formula is C19H23N3O3. The number of aromatic nitrogens is 2. The number of rotatable bonds is 7. The number of nitrogens with zero attached hydrogens (tertiary/aromatic N) is 3. The number of hydrogen-bond donors (Lipinski definition) is 0. The number of para-hydroxylation sites is 1. The van der Waals surface area contributed by atoms with Crippen LogP contribution in [0.1, 0.15) is 25.7 Å². The average molecular weight is 341 g/mol. The number of ether oxygens (including phenoxy) is 1. The predicted molar refractivity (Wildman–Crippen MR) is 95.2 cm³/mol. The number of carbonyl (C=O) groups excluding carboxylic acids is 1. The molecule has 6 heteroatoms. The van der Waals surface area contributed by atoms with Crippen LogP contribution in [0.2, 0.25) is 0 Å². The average Bonchev–Trinajstić information content (AvgIpc) is 2.65. The van der Waals surface area contributed by atoms with E-state index in [-0.39, 0.29) is 5.56 Å². The van der Waals surface area contributed by atoms with Gasteiger partial charge in [-0.2, -0.15) is 4.68 Å². The zero-order chi connectivity index (χ0) is 17.5. The van der Waals surface area contributed by atoms with E-state index < -0.39 is 0 Å². The first kappa shape index (κ1) is 17.4. The van der Waals surface area contributed by atoms with Crippen LogP contribution in [-0.2, 0) is 4.79 Å². The number of benzene rings is 1. The molecule has 1 aromatic carbocycles. The van der Waals surface area contributed by atoms with Gasteiger partial charge < -0.3 is 9.64 Å². The second-order valence-electron chi connectivity index (χ2n) is 6.19. The number of Topliss-reactive ketones (excluding diaryl/α,β-unsaturated/α-hetero) is 1. The van der Waals surface area contributed by atoms with Crippen LogP contribution in [0.25, 0.3) is 5.69 Å². The highest BCUT2D eigenvalue weighted by Gasteiger charge is 2.15. The van der Waals surface area contributed by atoms with Gasteiger partial charge in [-0.05, 0) is 31.5 Å². The molecule has 0 radical (unpaired) electrons. The van der Waals surface area contributed by atoms with Crippen molar-refractivity contribution >= 4 is 5.78 Å². The molecule has 0 saturated carbocycles. The molecule has 2 heterocycles. The third kappa shape index (κ3) is 5.00. The fourth-order valence-corrected chi connectivity index (χ4v) is 2.87. The highest BCUT2D eigenvalue weighted by atomic mass is 16.5. The molecular weight excluding hydrogens is 318 g/mol. The van der Waals surface area contributed by atoms with Gasteiger partial charge in [0.1, 0.15) is 5.78 Å². The quantitative estimate of drug-likeness (QED) is 0.721. The number of unbranched alkanes of at least 4 members (excludes halogenated alkanes) is 1. The Hall–Kier alpha value is -2.47. The Morgan fingerprint density at radius 1 is 0.960 bits per heavy atom. The Balaban J connectivity index is 1.46. The Kier molecular flexibility index (Phi) is 5.95. The van der Waals surface area contributed by atoms with Crippen molar-refractivity contribution in [1.29, 1.82) is 0 Å².